The third-order valence-corrected chi connectivity index (χ3v) is 8.32. The predicted octanol–water partition coefficient (Wildman–Crippen LogP) is 5.82. The van der Waals surface area contributed by atoms with Gasteiger partial charge in [0, 0.05) is 16.8 Å². The largest absolute Gasteiger partial charge is 0.744 e. The number of hydrogen-bond acceptors (Lipinski definition) is 4. The molecule has 0 bridgehead atoms. The van der Waals surface area contributed by atoms with Gasteiger partial charge in [-0.15, -0.1) is 6.42 Å². The van der Waals surface area contributed by atoms with E-state index >= 15 is 0 Å². The van der Waals surface area contributed by atoms with Crippen LogP contribution in [0.1, 0.15) is 16.7 Å². The van der Waals surface area contributed by atoms with Crippen molar-refractivity contribution in [1.82, 2.24) is 9.61 Å². The molecule has 0 amide bonds. The van der Waals surface area contributed by atoms with Crippen LogP contribution >= 0.6 is 0 Å². The van der Waals surface area contributed by atoms with E-state index in [4.69, 9.17) is 11.5 Å². The first-order chi connectivity index (χ1) is 18.7. The number of terminal acetylenes is 1. The first-order valence-electron chi connectivity index (χ1n) is 12.5. The van der Waals surface area contributed by atoms with Crippen LogP contribution in [0.5, 0.6) is 0 Å². The van der Waals surface area contributed by atoms with Gasteiger partial charge in [-0.25, -0.2) is 13.0 Å². The number of rotatable bonds is 2. The Hall–Kier alpha value is -4.51. The van der Waals surface area contributed by atoms with Gasteiger partial charge < -0.3 is 4.55 Å². The number of fused-ring (bicyclic) bond motifs is 6. The molecule has 7 aromatic rings. The van der Waals surface area contributed by atoms with Crippen molar-refractivity contribution in [3.05, 3.63) is 95.6 Å². The van der Waals surface area contributed by atoms with Gasteiger partial charge in [0.1, 0.15) is 15.6 Å². The Morgan fingerprint density at radius 1 is 0.897 bits per heavy atom. The van der Waals surface area contributed by atoms with Gasteiger partial charge in [0.15, 0.2) is 12.1 Å². The zero-order valence-corrected chi connectivity index (χ0v) is 22.6. The SMILES string of the molecule is C#CC[n+]1c2ccccc2n2nc3c(cc21)c1cccc2cccc3c21.Cc1cc(C)c(S(=O)(=O)[O-])c(C)c1. The minimum absolute atomic E-state index is 0.0851. The number of nitrogens with zero attached hydrogens (tertiary/aromatic N) is 3. The highest BCUT2D eigenvalue weighted by Gasteiger charge is 2.23. The lowest BCUT2D eigenvalue weighted by Crippen LogP contribution is -2.32. The van der Waals surface area contributed by atoms with Crippen molar-refractivity contribution in [2.75, 3.05) is 0 Å². The van der Waals surface area contributed by atoms with E-state index in [2.05, 4.69) is 65.1 Å². The minimum Gasteiger partial charge on any atom is -0.744 e. The van der Waals surface area contributed by atoms with E-state index in [0.29, 0.717) is 17.7 Å². The monoisotopic (exact) mass is 531 g/mol. The lowest BCUT2D eigenvalue weighted by atomic mass is 10.1. The molecule has 0 aliphatic carbocycles. The van der Waals surface area contributed by atoms with Crippen molar-refractivity contribution >= 4 is 59.2 Å². The lowest BCUT2D eigenvalue weighted by molar-refractivity contribution is -0.632. The molecule has 0 aliphatic heterocycles. The van der Waals surface area contributed by atoms with Crippen molar-refractivity contribution < 1.29 is 17.5 Å². The van der Waals surface area contributed by atoms with Crippen LogP contribution in [0.3, 0.4) is 0 Å². The molecule has 2 heterocycles. The molecule has 39 heavy (non-hydrogen) atoms. The third-order valence-electron chi connectivity index (χ3n) is 7.18. The molecule has 0 saturated heterocycles. The molecule has 0 atom stereocenters. The molecular weight excluding hydrogens is 506 g/mol. The van der Waals surface area contributed by atoms with Gasteiger partial charge in [0.2, 0.25) is 5.52 Å². The van der Waals surface area contributed by atoms with E-state index in [0.717, 1.165) is 27.8 Å². The number of para-hydroxylation sites is 2. The van der Waals surface area contributed by atoms with E-state index in [9.17, 15) is 13.0 Å². The highest BCUT2D eigenvalue weighted by Crippen LogP contribution is 2.37. The highest BCUT2D eigenvalue weighted by molar-refractivity contribution is 7.85. The van der Waals surface area contributed by atoms with Crippen molar-refractivity contribution in [2.24, 2.45) is 0 Å². The van der Waals surface area contributed by atoms with Crippen molar-refractivity contribution in [3.63, 3.8) is 0 Å². The lowest BCUT2D eigenvalue weighted by Gasteiger charge is -2.14. The molecule has 7 rings (SSSR count). The van der Waals surface area contributed by atoms with Crippen LogP contribution in [0.25, 0.3) is 49.1 Å². The Morgan fingerprint density at radius 2 is 1.56 bits per heavy atom. The van der Waals surface area contributed by atoms with Gasteiger partial charge in [-0.2, -0.15) is 0 Å². The molecule has 0 unspecified atom stereocenters. The molecule has 0 N–H and O–H groups in total. The summed E-state index contributed by atoms with van der Waals surface area (Å²) in [6, 6.07) is 26.8. The number of hydrogen-bond donors (Lipinski definition) is 0. The number of benzene rings is 4. The fourth-order valence-electron chi connectivity index (χ4n) is 5.81. The molecule has 0 spiro atoms. The summed E-state index contributed by atoms with van der Waals surface area (Å²) in [6.07, 6.45) is 5.64. The Kier molecular flexibility index (Phi) is 5.76. The topological polar surface area (TPSA) is 78.4 Å². The Morgan fingerprint density at radius 3 is 2.23 bits per heavy atom. The molecule has 5 aromatic carbocycles. The smallest absolute Gasteiger partial charge is 0.309 e. The zero-order chi connectivity index (χ0) is 27.5. The number of aromatic nitrogens is 3. The van der Waals surface area contributed by atoms with Gasteiger partial charge in [-0.05, 0) is 60.2 Å². The van der Waals surface area contributed by atoms with Gasteiger partial charge in [-0.1, -0.05) is 81.8 Å². The second-order valence-electron chi connectivity index (χ2n) is 9.85. The van der Waals surface area contributed by atoms with Crippen molar-refractivity contribution in [3.8, 4) is 12.3 Å². The number of imidazole rings is 1. The van der Waals surface area contributed by atoms with Gasteiger partial charge in [-0.3, -0.25) is 0 Å². The third kappa shape index (κ3) is 3.97. The first kappa shape index (κ1) is 24.8. The Bertz CT molecular complexity index is 2200. The normalized spacial score (nSPS) is 11.9. The zero-order valence-electron chi connectivity index (χ0n) is 21.8. The van der Waals surface area contributed by atoms with E-state index < -0.39 is 10.1 Å². The standard InChI is InChI=1S/C23H14N3.C9H12O3S/c1-2-13-25-19-11-3-4-12-20(19)26-21(25)14-18-16-9-5-7-15-8-6-10-17(22(15)16)23(18)24-26;1-6-4-7(2)9(8(3)5-6)13(10,11)12/h1,3-12,14H,13H2;4-5H,1-3H3,(H,10,11,12)/q+1;/p-1. The molecule has 0 radical (unpaired) electrons. The average molecular weight is 532 g/mol. The molecule has 192 valence electrons. The molecule has 0 fully saturated rings. The fourth-order valence-corrected chi connectivity index (χ4v) is 6.72. The van der Waals surface area contributed by atoms with Crippen molar-refractivity contribution in [2.45, 2.75) is 32.2 Å². The van der Waals surface area contributed by atoms with Crippen LogP contribution in [-0.2, 0) is 16.7 Å². The number of aryl methyl sites for hydroxylation is 3. The van der Waals surface area contributed by atoms with Crippen molar-refractivity contribution in [1.29, 1.82) is 0 Å². The van der Waals surface area contributed by atoms with E-state index in [1.165, 1.54) is 26.9 Å². The van der Waals surface area contributed by atoms with Gasteiger partial charge in [0.25, 0.3) is 0 Å². The summed E-state index contributed by atoms with van der Waals surface area (Å²) in [5.41, 5.74) is 6.24. The summed E-state index contributed by atoms with van der Waals surface area (Å²) < 4.78 is 36.7. The maximum atomic E-state index is 10.8. The minimum atomic E-state index is -4.33. The Balaban J connectivity index is 0.000000181. The molecular formula is C32H25N3O3S. The van der Waals surface area contributed by atoms with Gasteiger partial charge in [0.05, 0.1) is 4.90 Å². The summed E-state index contributed by atoms with van der Waals surface area (Å²) in [6.45, 7) is 5.64. The summed E-state index contributed by atoms with van der Waals surface area (Å²) in [5, 5.41) is 11.2. The Labute approximate surface area is 226 Å². The quantitative estimate of drug-likeness (QED) is 0.160. The van der Waals surface area contributed by atoms with Gasteiger partial charge >= 0.3 is 5.65 Å². The van der Waals surface area contributed by atoms with E-state index in [1.807, 2.05) is 23.6 Å². The second-order valence-corrected chi connectivity index (χ2v) is 11.2. The molecule has 2 aromatic heterocycles. The second kappa shape index (κ2) is 9.05. The average Bonchev–Trinajstić information content (AvgIpc) is 3.36. The molecule has 6 nitrogen and oxygen atoms in total. The van der Waals surface area contributed by atoms with E-state index in [1.54, 1.807) is 26.0 Å². The molecule has 7 heteroatoms. The summed E-state index contributed by atoms with van der Waals surface area (Å²) in [4.78, 5) is -0.0851. The van der Waals surface area contributed by atoms with Crippen LogP contribution in [0.15, 0.2) is 83.8 Å². The van der Waals surface area contributed by atoms with Crippen LogP contribution in [-0.4, -0.2) is 22.6 Å². The summed E-state index contributed by atoms with van der Waals surface area (Å²) in [7, 11) is -4.33. The molecule has 0 saturated carbocycles. The molecule has 0 aliphatic rings. The fraction of sp³-hybridized carbons (Fsp3) is 0.125. The highest BCUT2D eigenvalue weighted by atomic mass is 32.2. The maximum absolute atomic E-state index is 10.8. The van der Waals surface area contributed by atoms with Crippen LogP contribution < -0.4 is 4.57 Å². The first-order valence-corrected chi connectivity index (χ1v) is 13.9. The van der Waals surface area contributed by atoms with Crippen LogP contribution in [0.4, 0.5) is 0 Å². The maximum Gasteiger partial charge on any atom is 0.309 e. The summed E-state index contributed by atoms with van der Waals surface area (Å²) >= 11 is 0. The summed E-state index contributed by atoms with van der Waals surface area (Å²) in [5.74, 6) is 2.78. The van der Waals surface area contributed by atoms with E-state index in [-0.39, 0.29) is 4.90 Å². The van der Waals surface area contributed by atoms with Crippen LogP contribution in [0, 0.1) is 33.1 Å². The van der Waals surface area contributed by atoms with Crippen LogP contribution in [0.2, 0.25) is 0 Å². The predicted molar refractivity (Wildman–Crippen MR) is 154 cm³/mol.